The third kappa shape index (κ3) is 3.61. The summed E-state index contributed by atoms with van der Waals surface area (Å²) in [7, 11) is 0. The van der Waals surface area contributed by atoms with Crippen molar-refractivity contribution in [2.45, 2.75) is 46.1 Å². The van der Waals surface area contributed by atoms with Crippen LogP contribution < -0.4 is 10.2 Å². The number of carbonyl (C=O) groups excluding carboxylic acids is 1. The Morgan fingerprint density at radius 2 is 2.08 bits per heavy atom. The second kappa shape index (κ2) is 7.07. The van der Waals surface area contributed by atoms with Gasteiger partial charge in [-0.3, -0.25) is 4.79 Å². The molecular weight excluding hydrogens is 302 g/mol. The minimum atomic E-state index is -0.0978. The highest BCUT2D eigenvalue weighted by atomic mass is 16.4. The smallest absolute Gasteiger partial charge is 0.287 e. The molecule has 1 N–H and O–H groups in total. The molecule has 0 aromatic carbocycles. The zero-order valence-electron chi connectivity index (χ0n) is 14.6. The minimum Gasteiger partial charge on any atom is -0.456 e. The van der Waals surface area contributed by atoms with E-state index in [1.807, 2.05) is 45.0 Å². The number of rotatable bonds is 4. The van der Waals surface area contributed by atoms with Crippen LogP contribution in [0.1, 0.15) is 47.3 Å². The van der Waals surface area contributed by atoms with Gasteiger partial charge in [0.2, 0.25) is 0 Å². The monoisotopic (exact) mass is 327 g/mol. The first kappa shape index (κ1) is 16.6. The molecule has 0 unspecified atom stereocenters. The Labute approximate surface area is 143 Å². The molecule has 0 bridgehead atoms. The average Bonchev–Trinajstić information content (AvgIpc) is 2.97. The maximum Gasteiger partial charge on any atom is 0.287 e. The Balaban J connectivity index is 1.57. The highest BCUT2D eigenvalue weighted by Crippen LogP contribution is 2.20. The quantitative estimate of drug-likeness (QED) is 0.936. The molecule has 0 saturated carbocycles. The third-order valence-electron chi connectivity index (χ3n) is 4.55. The summed E-state index contributed by atoms with van der Waals surface area (Å²) in [5.74, 6) is 2.24. The van der Waals surface area contributed by atoms with Gasteiger partial charge in [0.25, 0.3) is 5.91 Å². The number of carbonyl (C=O) groups is 1. The van der Waals surface area contributed by atoms with E-state index in [-0.39, 0.29) is 11.9 Å². The predicted molar refractivity (Wildman–Crippen MR) is 94.5 cm³/mol. The molecule has 5 nitrogen and oxygen atoms in total. The molecule has 0 aliphatic carbocycles. The molecule has 3 rings (SSSR count). The van der Waals surface area contributed by atoms with Gasteiger partial charge in [-0.25, -0.2) is 4.98 Å². The standard InChI is InChI=1S/C19H25N3O2/c1-4-16-12-13(2)18(24-16)19(23)21-15-8-10-22(11-9-15)17-7-5-6-14(3)20-17/h5-7,12,15H,4,8-11H2,1-3H3,(H,21,23). The van der Waals surface area contributed by atoms with Gasteiger partial charge in [0.15, 0.2) is 5.76 Å². The summed E-state index contributed by atoms with van der Waals surface area (Å²) in [5.41, 5.74) is 1.94. The van der Waals surface area contributed by atoms with Gasteiger partial charge in [0, 0.05) is 36.8 Å². The lowest BCUT2D eigenvalue weighted by Gasteiger charge is -2.33. The van der Waals surface area contributed by atoms with Gasteiger partial charge in [-0.1, -0.05) is 13.0 Å². The Kier molecular flexibility index (Phi) is 4.88. The van der Waals surface area contributed by atoms with E-state index in [2.05, 4.69) is 15.2 Å². The molecule has 24 heavy (non-hydrogen) atoms. The fraction of sp³-hybridized carbons (Fsp3) is 0.474. The number of piperidine rings is 1. The zero-order chi connectivity index (χ0) is 17.1. The summed E-state index contributed by atoms with van der Waals surface area (Å²) in [5, 5.41) is 3.12. The van der Waals surface area contributed by atoms with Crippen molar-refractivity contribution < 1.29 is 9.21 Å². The first-order chi connectivity index (χ1) is 11.6. The summed E-state index contributed by atoms with van der Waals surface area (Å²) >= 11 is 0. The van der Waals surface area contributed by atoms with E-state index >= 15 is 0 Å². The molecular formula is C19H25N3O2. The van der Waals surface area contributed by atoms with Gasteiger partial charge in [-0.2, -0.15) is 0 Å². The third-order valence-corrected chi connectivity index (χ3v) is 4.55. The molecule has 128 valence electrons. The van der Waals surface area contributed by atoms with Crippen LogP contribution in [0.2, 0.25) is 0 Å². The van der Waals surface area contributed by atoms with Crippen molar-refractivity contribution in [1.29, 1.82) is 0 Å². The number of amides is 1. The number of nitrogens with zero attached hydrogens (tertiary/aromatic N) is 2. The fourth-order valence-corrected chi connectivity index (χ4v) is 3.16. The fourth-order valence-electron chi connectivity index (χ4n) is 3.16. The van der Waals surface area contributed by atoms with Crippen LogP contribution in [-0.4, -0.2) is 30.0 Å². The summed E-state index contributed by atoms with van der Waals surface area (Å²) in [6, 6.07) is 8.22. The molecule has 1 saturated heterocycles. The normalized spacial score (nSPS) is 15.5. The van der Waals surface area contributed by atoms with Gasteiger partial charge >= 0.3 is 0 Å². The maximum absolute atomic E-state index is 12.4. The molecule has 1 amide bonds. The van der Waals surface area contributed by atoms with Gasteiger partial charge < -0.3 is 14.6 Å². The molecule has 0 atom stereocenters. The Hall–Kier alpha value is -2.30. The van der Waals surface area contributed by atoms with E-state index in [4.69, 9.17) is 4.42 Å². The summed E-state index contributed by atoms with van der Waals surface area (Å²) in [6.45, 7) is 7.75. The van der Waals surface area contributed by atoms with Crippen LogP contribution in [-0.2, 0) is 6.42 Å². The zero-order valence-corrected chi connectivity index (χ0v) is 14.6. The summed E-state index contributed by atoms with van der Waals surface area (Å²) in [6.07, 6.45) is 2.64. The van der Waals surface area contributed by atoms with Crippen molar-refractivity contribution in [3.63, 3.8) is 0 Å². The van der Waals surface area contributed by atoms with E-state index in [1.165, 1.54) is 0 Å². The Bertz CT molecular complexity index is 715. The molecule has 1 aliphatic rings. The Morgan fingerprint density at radius 1 is 1.33 bits per heavy atom. The summed E-state index contributed by atoms with van der Waals surface area (Å²) in [4.78, 5) is 19.3. The average molecular weight is 327 g/mol. The lowest BCUT2D eigenvalue weighted by Crippen LogP contribution is -2.45. The summed E-state index contributed by atoms with van der Waals surface area (Å²) < 4.78 is 5.64. The van der Waals surface area contributed by atoms with Crippen molar-refractivity contribution in [1.82, 2.24) is 10.3 Å². The molecule has 2 aromatic rings. The van der Waals surface area contributed by atoms with Crippen LogP contribution in [0.25, 0.3) is 0 Å². The number of aryl methyl sites for hydroxylation is 3. The highest BCUT2D eigenvalue weighted by Gasteiger charge is 2.24. The van der Waals surface area contributed by atoms with Crippen LogP contribution in [0.15, 0.2) is 28.7 Å². The largest absolute Gasteiger partial charge is 0.456 e. The number of hydrogen-bond donors (Lipinski definition) is 1. The van der Waals surface area contributed by atoms with E-state index < -0.39 is 0 Å². The van der Waals surface area contributed by atoms with E-state index in [1.54, 1.807) is 0 Å². The maximum atomic E-state index is 12.4. The second-order valence-corrected chi connectivity index (χ2v) is 6.45. The SMILES string of the molecule is CCc1cc(C)c(C(=O)NC2CCN(c3cccc(C)n3)CC2)o1. The number of pyridine rings is 1. The molecule has 1 aliphatic heterocycles. The molecule has 5 heteroatoms. The lowest BCUT2D eigenvalue weighted by atomic mass is 10.0. The van der Waals surface area contributed by atoms with Crippen LogP contribution in [0.5, 0.6) is 0 Å². The van der Waals surface area contributed by atoms with Crippen molar-refractivity contribution in [3.8, 4) is 0 Å². The van der Waals surface area contributed by atoms with E-state index in [9.17, 15) is 4.79 Å². The number of aromatic nitrogens is 1. The number of nitrogens with one attached hydrogen (secondary N) is 1. The second-order valence-electron chi connectivity index (χ2n) is 6.45. The molecule has 2 aromatic heterocycles. The molecule has 1 fully saturated rings. The number of anilines is 1. The van der Waals surface area contributed by atoms with Crippen molar-refractivity contribution in [2.75, 3.05) is 18.0 Å². The van der Waals surface area contributed by atoms with Gasteiger partial charge in [-0.15, -0.1) is 0 Å². The first-order valence-corrected chi connectivity index (χ1v) is 8.65. The van der Waals surface area contributed by atoms with Crippen LogP contribution >= 0.6 is 0 Å². The highest BCUT2D eigenvalue weighted by molar-refractivity contribution is 5.93. The van der Waals surface area contributed by atoms with Crippen molar-refractivity contribution in [2.24, 2.45) is 0 Å². The van der Waals surface area contributed by atoms with E-state index in [0.717, 1.165) is 55.2 Å². The van der Waals surface area contributed by atoms with Crippen LogP contribution in [0.3, 0.4) is 0 Å². The van der Waals surface area contributed by atoms with Gasteiger partial charge in [0.1, 0.15) is 11.6 Å². The van der Waals surface area contributed by atoms with Crippen LogP contribution in [0, 0.1) is 13.8 Å². The number of furan rings is 1. The van der Waals surface area contributed by atoms with Crippen LogP contribution in [0.4, 0.5) is 5.82 Å². The minimum absolute atomic E-state index is 0.0978. The lowest BCUT2D eigenvalue weighted by molar-refractivity contribution is 0.0900. The Morgan fingerprint density at radius 3 is 2.71 bits per heavy atom. The van der Waals surface area contributed by atoms with Gasteiger partial charge in [-0.05, 0) is 44.9 Å². The van der Waals surface area contributed by atoms with Crippen molar-refractivity contribution >= 4 is 11.7 Å². The molecule has 0 spiro atoms. The van der Waals surface area contributed by atoms with E-state index in [0.29, 0.717) is 5.76 Å². The van der Waals surface area contributed by atoms with Gasteiger partial charge in [0.05, 0.1) is 0 Å². The topological polar surface area (TPSA) is 58.4 Å². The molecule has 0 radical (unpaired) electrons. The first-order valence-electron chi connectivity index (χ1n) is 8.65. The number of hydrogen-bond acceptors (Lipinski definition) is 4. The van der Waals surface area contributed by atoms with Crippen molar-refractivity contribution in [3.05, 3.63) is 47.0 Å². The molecule has 3 heterocycles. The predicted octanol–water partition coefficient (Wildman–Crippen LogP) is 3.25.